The largest absolute Gasteiger partial charge is 0.381 e. The first-order valence-electron chi connectivity index (χ1n) is 7.21. The maximum Gasteiger partial charge on any atom is 0.0697 e. The molecule has 0 N–H and O–H groups in total. The lowest BCUT2D eigenvalue weighted by Crippen LogP contribution is -2.21. The van der Waals surface area contributed by atoms with Crippen LogP contribution in [0, 0.1) is 22.7 Å². The molecule has 0 bridgehead atoms. The molecule has 1 aliphatic carbocycles. The van der Waals surface area contributed by atoms with Crippen LogP contribution in [0.25, 0.3) is 0 Å². The fourth-order valence-corrected chi connectivity index (χ4v) is 2.69. The molecule has 2 heteroatoms. The van der Waals surface area contributed by atoms with Crippen LogP contribution in [-0.4, -0.2) is 13.2 Å². The van der Waals surface area contributed by atoms with E-state index < -0.39 is 0 Å². The van der Waals surface area contributed by atoms with Crippen LogP contribution in [-0.2, 0) is 17.6 Å². The molecule has 102 valence electrons. The Labute approximate surface area is 116 Å². The summed E-state index contributed by atoms with van der Waals surface area (Å²) < 4.78 is 5.68. The zero-order chi connectivity index (χ0) is 13.7. The lowest BCUT2D eigenvalue weighted by atomic mass is 9.83. The van der Waals surface area contributed by atoms with Gasteiger partial charge in [-0.3, -0.25) is 0 Å². The second-order valence-electron chi connectivity index (χ2n) is 6.06. The molecule has 1 aromatic carbocycles. The van der Waals surface area contributed by atoms with Gasteiger partial charge in [0, 0.05) is 13.2 Å². The lowest BCUT2D eigenvalue weighted by Gasteiger charge is -2.20. The highest BCUT2D eigenvalue weighted by Crippen LogP contribution is 2.39. The molecule has 0 aromatic heterocycles. The van der Waals surface area contributed by atoms with Crippen LogP contribution < -0.4 is 0 Å². The summed E-state index contributed by atoms with van der Waals surface area (Å²) in [6.45, 7) is 5.92. The van der Waals surface area contributed by atoms with E-state index in [1.807, 2.05) is 0 Å². The van der Waals surface area contributed by atoms with Gasteiger partial charge < -0.3 is 4.74 Å². The van der Waals surface area contributed by atoms with Crippen molar-refractivity contribution in [3.8, 4) is 6.07 Å². The van der Waals surface area contributed by atoms with E-state index in [0.717, 1.165) is 32.3 Å². The van der Waals surface area contributed by atoms with Crippen molar-refractivity contribution in [3.05, 3.63) is 35.4 Å². The minimum Gasteiger partial charge on any atom is -0.381 e. The van der Waals surface area contributed by atoms with Crippen LogP contribution in [0.1, 0.15) is 37.8 Å². The fraction of sp³-hybridized carbons (Fsp3) is 0.588. The second-order valence-corrected chi connectivity index (χ2v) is 6.06. The Kier molecular flexibility index (Phi) is 4.61. The number of rotatable bonds is 6. The van der Waals surface area contributed by atoms with Gasteiger partial charge in [0.2, 0.25) is 0 Å². The van der Waals surface area contributed by atoms with E-state index in [-0.39, 0.29) is 5.41 Å². The molecule has 1 aromatic rings. The van der Waals surface area contributed by atoms with Gasteiger partial charge in [-0.1, -0.05) is 38.1 Å². The van der Waals surface area contributed by atoms with Crippen LogP contribution in [0.4, 0.5) is 0 Å². The molecule has 0 spiro atoms. The highest BCUT2D eigenvalue weighted by atomic mass is 16.5. The minimum absolute atomic E-state index is 0.235. The number of hydrogen-bond acceptors (Lipinski definition) is 2. The topological polar surface area (TPSA) is 33.0 Å². The van der Waals surface area contributed by atoms with E-state index in [9.17, 15) is 5.26 Å². The molecule has 19 heavy (non-hydrogen) atoms. The first-order chi connectivity index (χ1) is 9.15. The van der Waals surface area contributed by atoms with Crippen LogP contribution in [0.15, 0.2) is 24.3 Å². The Hall–Kier alpha value is -1.33. The van der Waals surface area contributed by atoms with Gasteiger partial charge in [-0.05, 0) is 42.7 Å². The van der Waals surface area contributed by atoms with Crippen molar-refractivity contribution >= 4 is 0 Å². The van der Waals surface area contributed by atoms with Crippen LogP contribution in [0.5, 0.6) is 0 Å². The highest BCUT2D eigenvalue weighted by molar-refractivity contribution is 5.36. The van der Waals surface area contributed by atoms with Crippen LogP contribution >= 0.6 is 0 Å². The predicted octanol–water partition coefficient (Wildman–Crippen LogP) is 3.75. The maximum absolute atomic E-state index is 9.53. The van der Waals surface area contributed by atoms with E-state index >= 15 is 0 Å². The average molecular weight is 257 g/mol. The second kappa shape index (κ2) is 6.21. The summed E-state index contributed by atoms with van der Waals surface area (Å²) in [5.74, 6) is 0.681. The van der Waals surface area contributed by atoms with Crippen molar-refractivity contribution in [2.75, 3.05) is 13.2 Å². The maximum atomic E-state index is 9.53. The standard InChI is InChI=1S/C17H23NO/c1-14(2)7-9-19-10-8-17(13-18)11-15-5-3-4-6-16(15)12-17/h3-6,14H,7-12H2,1-2H3. The summed E-state index contributed by atoms with van der Waals surface area (Å²) in [6, 6.07) is 11.0. The summed E-state index contributed by atoms with van der Waals surface area (Å²) in [4.78, 5) is 0. The third kappa shape index (κ3) is 3.58. The molecule has 0 amide bonds. The van der Waals surface area contributed by atoms with Gasteiger partial charge in [-0.15, -0.1) is 0 Å². The normalized spacial score (nSPS) is 16.3. The van der Waals surface area contributed by atoms with Gasteiger partial charge >= 0.3 is 0 Å². The summed E-state index contributed by atoms with van der Waals surface area (Å²) in [6.07, 6.45) is 3.70. The zero-order valence-electron chi connectivity index (χ0n) is 12.0. The molecule has 0 atom stereocenters. The number of ether oxygens (including phenoxy) is 1. The smallest absolute Gasteiger partial charge is 0.0697 e. The zero-order valence-corrected chi connectivity index (χ0v) is 12.0. The number of hydrogen-bond donors (Lipinski definition) is 0. The molecule has 0 unspecified atom stereocenters. The molecule has 2 nitrogen and oxygen atoms in total. The number of benzene rings is 1. The summed E-state index contributed by atoms with van der Waals surface area (Å²) in [5, 5.41) is 9.53. The first kappa shape index (κ1) is 14.1. The lowest BCUT2D eigenvalue weighted by molar-refractivity contribution is 0.102. The third-order valence-electron chi connectivity index (χ3n) is 3.98. The van der Waals surface area contributed by atoms with Gasteiger partial charge in [0.25, 0.3) is 0 Å². The van der Waals surface area contributed by atoms with E-state index in [1.165, 1.54) is 11.1 Å². The molecule has 0 fully saturated rings. The van der Waals surface area contributed by atoms with E-state index in [0.29, 0.717) is 12.5 Å². The van der Waals surface area contributed by atoms with Gasteiger partial charge in [-0.25, -0.2) is 0 Å². The van der Waals surface area contributed by atoms with Crippen LogP contribution in [0.3, 0.4) is 0 Å². The SMILES string of the molecule is CC(C)CCOCCC1(C#N)Cc2ccccc2C1. The molecule has 0 saturated heterocycles. The van der Waals surface area contributed by atoms with E-state index in [2.05, 4.69) is 44.2 Å². The summed E-state index contributed by atoms with van der Waals surface area (Å²) in [7, 11) is 0. The molecule has 0 heterocycles. The molecule has 0 aliphatic heterocycles. The van der Waals surface area contributed by atoms with Crippen molar-refractivity contribution < 1.29 is 4.74 Å². The Morgan fingerprint density at radius 1 is 1.21 bits per heavy atom. The summed E-state index contributed by atoms with van der Waals surface area (Å²) >= 11 is 0. The average Bonchev–Trinajstić information content (AvgIpc) is 2.77. The number of nitrogens with zero attached hydrogens (tertiary/aromatic N) is 1. The molecule has 0 radical (unpaired) electrons. The number of fused-ring (bicyclic) bond motifs is 1. The molecule has 2 rings (SSSR count). The molecular formula is C17H23NO. The fourth-order valence-electron chi connectivity index (χ4n) is 2.69. The quantitative estimate of drug-likeness (QED) is 0.727. The van der Waals surface area contributed by atoms with Crippen molar-refractivity contribution in [1.29, 1.82) is 5.26 Å². The Bertz CT molecular complexity index is 434. The van der Waals surface area contributed by atoms with Crippen LogP contribution in [0.2, 0.25) is 0 Å². The van der Waals surface area contributed by atoms with E-state index in [4.69, 9.17) is 4.74 Å². The van der Waals surface area contributed by atoms with Crippen molar-refractivity contribution in [2.24, 2.45) is 11.3 Å². The first-order valence-corrected chi connectivity index (χ1v) is 7.21. The Balaban J connectivity index is 1.84. The monoisotopic (exact) mass is 257 g/mol. The Morgan fingerprint density at radius 2 is 1.84 bits per heavy atom. The third-order valence-corrected chi connectivity index (χ3v) is 3.98. The molecule has 1 aliphatic rings. The highest BCUT2D eigenvalue weighted by Gasteiger charge is 2.36. The predicted molar refractivity (Wildman–Crippen MR) is 76.8 cm³/mol. The van der Waals surface area contributed by atoms with Gasteiger partial charge in [0.15, 0.2) is 0 Å². The van der Waals surface area contributed by atoms with Gasteiger partial charge in [-0.2, -0.15) is 5.26 Å². The molecular weight excluding hydrogens is 234 g/mol. The number of nitriles is 1. The van der Waals surface area contributed by atoms with Gasteiger partial charge in [0.1, 0.15) is 0 Å². The molecule has 0 saturated carbocycles. The van der Waals surface area contributed by atoms with Gasteiger partial charge in [0.05, 0.1) is 11.5 Å². The van der Waals surface area contributed by atoms with Crippen molar-refractivity contribution in [1.82, 2.24) is 0 Å². The minimum atomic E-state index is -0.235. The Morgan fingerprint density at radius 3 is 2.37 bits per heavy atom. The van der Waals surface area contributed by atoms with E-state index in [1.54, 1.807) is 0 Å². The summed E-state index contributed by atoms with van der Waals surface area (Å²) in [5.41, 5.74) is 2.44. The van der Waals surface area contributed by atoms with Crippen molar-refractivity contribution in [3.63, 3.8) is 0 Å². The van der Waals surface area contributed by atoms with Crippen molar-refractivity contribution in [2.45, 2.75) is 39.5 Å².